The zero-order chi connectivity index (χ0) is 22.7. The number of hydrogen-bond donors (Lipinski definition) is 1. The molecule has 1 saturated heterocycles. The summed E-state index contributed by atoms with van der Waals surface area (Å²) >= 11 is 0. The average Bonchev–Trinajstić information content (AvgIpc) is 2.82. The zero-order valence-electron chi connectivity index (χ0n) is 18.1. The van der Waals surface area contributed by atoms with Crippen LogP contribution in [0.1, 0.15) is 40.0 Å². The first kappa shape index (κ1) is 21.8. The second kappa shape index (κ2) is 9.40. The molecule has 0 unspecified atom stereocenters. The van der Waals surface area contributed by atoms with Gasteiger partial charge >= 0.3 is 5.97 Å². The summed E-state index contributed by atoms with van der Waals surface area (Å²) in [6.45, 7) is 0.253. The molecule has 0 saturated carbocycles. The molecule has 8 nitrogen and oxygen atoms in total. The second-order valence-corrected chi connectivity index (χ2v) is 7.98. The number of hydrogen-bond acceptors (Lipinski definition) is 6. The van der Waals surface area contributed by atoms with Crippen LogP contribution in [0.4, 0.5) is 5.69 Å². The Labute approximate surface area is 186 Å². The fraction of sp³-hybridized carbons (Fsp3) is 0.375. The first-order valence-electron chi connectivity index (χ1n) is 10.6. The topological polar surface area (TPSA) is 94.2 Å². The van der Waals surface area contributed by atoms with E-state index in [9.17, 15) is 14.4 Å². The average molecular weight is 438 g/mol. The van der Waals surface area contributed by atoms with E-state index in [1.807, 2.05) is 6.07 Å². The molecule has 2 aromatic rings. The summed E-state index contributed by atoms with van der Waals surface area (Å²) in [7, 11) is 3.10. The van der Waals surface area contributed by atoms with Crippen LogP contribution in [0.3, 0.4) is 0 Å². The van der Waals surface area contributed by atoms with Gasteiger partial charge in [-0.15, -0.1) is 0 Å². The van der Waals surface area contributed by atoms with Crippen LogP contribution >= 0.6 is 0 Å². The van der Waals surface area contributed by atoms with Crippen molar-refractivity contribution < 1.29 is 28.6 Å². The van der Waals surface area contributed by atoms with E-state index in [0.717, 1.165) is 0 Å². The molecule has 1 N–H and O–H groups in total. The Kier molecular flexibility index (Phi) is 6.41. The van der Waals surface area contributed by atoms with Crippen LogP contribution in [0.5, 0.6) is 5.75 Å². The van der Waals surface area contributed by atoms with E-state index in [1.54, 1.807) is 54.4 Å². The van der Waals surface area contributed by atoms with E-state index in [1.165, 1.54) is 7.11 Å². The van der Waals surface area contributed by atoms with Gasteiger partial charge in [0.25, 0.3) is 11.8 Å². The molecule has 3 atom stereocenters. The molecule has 0 aromatic heterocycles. The molecule has 8 heteroatoms. The van der Waals surface area contributed by atoms with Gasteiger partial charge in [0.05, 0.1) is 31.2 Å². The van der Waals surface area contributed by atoms with Gasteiger partial charge in [-0.3, -0.25) is 14.4 Å². The first-order chi connectivity index (χ1) is 15.5. The van der Waals surface area contributed by atoms with Crippen molar-refractivity contribution in [3.05, 3.63) is 59.7 Å². The minimum atomic E-state index is -0.349. The number of carbonyl (C=O) groups is 3. The van der Waals surface area contributed by atoms with Crippen molar-refractivity contribution in [1.29, 1.82) is 0 Å². The van der Waals surface area contributed by atoms with Gasteiger partial charge < -0.3 is 24.4 Å². The van der Waals surface area contributed by atoms with Gasteiger partial charge in [-0.05, 0) is 43.2 Å². The predicted molar refractivity (Wildman–Crippen MR) is 117 cm³/mol. The number of nitrogens with one attached hydrogen (secondary N) is 1. The Morgan fingerprint density at radius 3 is 2.69 bits per heavy atom. The van der Waals surface area contributed by atoms with Crippen LogP contribution in [0.25, 0.3) is 0 Å². The number of methoxy groups -OCH3 is 1. The van der Waals surface area contributed by atoms with E-state index in [0.29, 0.717) is 35.4 Å². The maximum Gasteiger partial charge on any atom is 0.308 e. The lowest BCUT2D eigenvalue weighted by Gasteiger charge is -2.42. The molecule has 0 bridgehead atoms. The number of benzene rings is 2. The van der Waals surface area contributed by atoms with Crippen molar-refractivity contribution >= 4 is 23.5 Å². The number of amides is 2. The van der Waals surface area contributed by atoms with Crippen molar-refractivity contribution in [3.8, 4) is 5.75 Å². The van der Waals surface area contributed by atoms with Gasteiger partial charge in [0.1, 0.15) is 18.5 Å². The fourth-order valence-electron chi connectivity index (χ4n) is 4.17. The number of rotatable bonds is 4. The standard InChI is InChI=1S/C24H26N2O6/c1-26-19-10-9-17(13-22(27)30-2)32-21(19)14-31-20-11-8-16(12-18(20)24(26)29)25-23(28)15-6-4-3-5-7-15/h3-8,11-12,17,19,21H,9-10,13-14H2,1-2H3,(H,25,28)/t17-,19-,21-/m1/s1. The Morgan fingerprint density at radius 2 is 1.94 bits per heavy atom. The van der Waals surface area contributed by atoms with Crippen LogP contribution in [0.2, 0.25) is 0 Å². The predicted octanol–water partition coefficient (Wildman–Crippen LogP) is 2.88. The highest BCUT2D eigenvalue weighted by atomic mass is 16.5. The highest BCUT2D eigenvalue weighted by Gasteiger charge is 2.39. The SMILES string of the molecule is COC(=O)C[C@H]1CC[C@@H]2[C@@H](COc3ccc(NC(=O)c4ccccc4)cc3C(=O)N2C)O1. The highest BCUT2D eigenvalue weighted by Crippen LogP contribution is 2.32. The third-order valence-electron chi connectivity index (χ3n) is 5.93. The lowest BCUT2D eigenvalue weighted by molar-refractivity contribution is -0.151. The van der Waals surface area contributed by atoms with Gasteiger partial charge in [-0.25, -0.2) is 0 Å². The van der Waals surface area contributed by atoms with E-state index < -0.39 is 0 Å². The van der Waals surface area contributed by atoms with Crippen LogP contribution in [0.15, 0.2) is 48.5 Å². The van der Waals surface area contributed by atoms with Gasteiger partial charge in [-0.2, -0.15) is 0 Å². The van der Waals surface area contributed by atoms with Gasteiger partial charge in [-0.1, -0.05) is 18.2 Å². The summed E-state index contributed by atoms with van der Waals surface area (Å²) in [5.41, 5.74) is 1.43. The number of carbonyl (C=O) groups excluding carboxylic acids is 3. The zero-order valence-corrected chi connectivity index (χ0v) is 18.1. The lowest BCUT2D eigenvalue weighted by Crippen LogP contribution is -2.53. The monoisotopic (exact) mass is 438 g/mol. The molecule has 0 aliphatic carbocycles. The molecule has 2 amide bonds. The number of likely N-dealkylation sites (N-methyl/N-ethyl adjacent to an activating group) is 1. The Bertz CT molecular complexity index is 1010. The van der Waals surface area contributed by atoms with Crippen molar-refractivity contribution in [2.75, 3.05) is 26.1 Å². The summed E-state index contributed by atoms with van der Waals surface area (Å²) in [6, 6.07) is 13.7. The molecule has 0 radical (unpaired) electrons. The highest BCUT2D eigenvalue weighted by molar-refractivity contribution is 6.05. The summed E-state index contributed by atoms with van der Waals surface area (Å²) in [6.07, 6.45) is 0.910. The summed E-state index contributed by atoms with van der Waals surface area (Å²) in [5.74, 6) is -0.354. The van der Waals surface area contributed by atoms with Crippen molar-refractivity contribution in [3.63, 3.8) is 0 Å². The third-order valence-corrected chi connectivity index (χ3v) is 5.93. The lowest BCUT2D eigenvalue weighted by atomic mass is 9.94. The number of nitrogens with zero attached hydrogens (tertiary/aromatic N) is 1. The minimum Gasteiger partial charge on any atom is -0.490 e. The molecule has 2 aliphatic rings. The molecule has 2 heterocycles. The maximum absolute atomic E-state index is 13.3. The molecule has 168 valence electrons. The van der Waals surface area contributed by atoms with Crippen LogP contribution in [-0.4, -0.2) is 61.7 Å². The van der Waals surface area contributed by atoms with Crippen molar-refractivity contribution in [1.82, 2.24) is 4.90 Å². The summed E-state index contributed by atoms with van der Waals surface area (Å²) in [5, 5.41) is 2.83. The number of esters is 1. The van der Waals surface area contributed by atoms with Crippen molar-refractivity contribution in [2.45, 2.75) is 37.5 Å². The normalized spacial score (nSPS) is 22.5. The first-order valence-corrected chi connectivity index (χ1v) is 10.6. The number of anilines is 1. The van der Waals surface area contributed by atoms with E-state index in [2.05, 4.69) is 5.32 Å². The maximum atomic E-state index is 13.3. The largest absolute Gasteiger partial charge is 0.490 e. The molecule has 1 fully saturated rings. The molecule has 2 aromatic carbocycles. The van der Waals surface area contributed by atoms with Crippen LogP contribution < -0.4 is 10.1 Å². The van der Waals surface area contributed by atoms with Gasteiger partial charge in [0, 0.05) is 18.3 Å². The van der Waals surface area contributed by atoms with Gasteiger partial charge in [0.2, 0.25) is 0 Å². The molecule has 0 spiro atoms. The van der Waals surface area contributed by atoms with E-state index >= 15 is 0 Å². The minimum absolute atomic E-state index is 0.174. The fourth-order valence-corrected chi connectivity index (χ4v) is 4.17. The number of ether oxygens (including phenoxy) is 3. The van der Waals surface area contributed by atoms with E-state index in [4.69, 9.17) is 14.2 Å². The third kappa shape index (κ3) is 4.60. The summed E-state index contributed by atoms with van der Waals surface area (Å²) < 4.78 is 16.8. The van der Waals surface area contributed by atoms with Crippen LogP contribution in [-0.2, 0) is 14.3 Å². The second-order valence-electron chi connectivity index (χ2n) is 7.98. The summed E-state index contributed by atoms with van der Waals surface area (Å²) in [4.78, 5) is 39.0. The van der Waals surface area contributed by atoms with E-state index in [-0.39, 0.29) is 49.1 Å². The van der Waals surface area contributed by atoms with Crippen LogP contribution in [0, 0.1) is 0 Å². The molecule has 4 rings (SSSR count). The Balaban J connectivity index is 1.52. The Morgan fingerprint density at radius 1 is 1.16 bits per heavy atom. The molecular formula is C24H26N2O6. The molecule has 32 heavy (non-hydrogen) atoms. The van der Waals surface area contributed by atoms with Gasteiger partial charge in [0.15, 0.2) is 0 Å². The molecular weight excluding hydrogens is 412 g/mol. The Hall–Kier alpha value is -3.39. The number of fused-ring (bicyclic) bond motifs is 2. The van der Waals surface area contributed by atoms with Crippen molar-refractivity contribution in [2.24, 2.45) is 0 Å². The molecule has 2 aliphatic heterocycles. The smallest absolute Gasteiger partial charge is 0.308 e. The quantitative estimate of drug-likeness (QED) is 0.738.